The first kappa shape index (κ1) is 21.6. The van der Waals surface area contributed by atoms with Gasteiger partial charge in [0.15, 0.2) is 0 Å². The molecule has 2 aliphatic carbocycles. The normalized spacial score (nSPS) is 24.2. The predicted molar refractivity (Wildman–Crippen MR) is 114 cm³/mol. The maximum absolute atomic E-state index is 13.0. The van der Waals surface area contributed by atoms with Gasteiger partial charge >= 0.3 is 5.97 Å². The minimum Gasteiger partial charge on any atom is -0.481 e. The van der Waals surface area contributed by atoms with Gasteiger partial charge in [-0.05, 0) is 57.4 Å². The van der Waals surface area contributed by atoms with E-state index in [1.54, 1.807) is 0 Å². The van der Waals surface area contributed by atoms with E-state index >= 15 is 0 Å². The second kappa shape index (κ2) is 8.69. The van der Waals surface area contributed by atoms with Crippen LogP contribution in [0, 0.1) is 17.8 Å². The van der Waals surface area contributed by atoms with Crippen LogP contribution >= 0.6 is 11.3 Å². The molecule has 4 N–H and O–H groups in total. The lowest BCUT2D eigenvalue weighted by Gasteiger charge is -2.29. The molecular formula is C22H30N2O4S. The van der Waals surface area contributed by atoms with Crippen LogP contribution in [0.2, 0.25) is 0 Å². The highest BCUT2D eigenvalue weighted by atomic mass is 32.1. The molecule has 1 aromatic rings. The monoisotopic (exact) mass is 418 g/mol. The van der Waals surface area contributed by atoms with Crippen LogP contribution in [0.5, 0.6) is 0 Å². The molecule has 0 saturated heterocycles. The number of nitrogens with two attached hydrogens (primary N) is 1. The molecule has 158 valence electrons. The molecule has 29 heavy (non-hydrogen) atoms. The molecule has 0 spiro atoms. The van der Waals surface area contributed by atoms with Crippen LogP contribution in [0.15, 0.2) is 11.1 Å². The maximum Gasteiger partial charge on any atom is 0.307 e. The van der Waals surface area contributed by atoms with E-state index in [-0.39, 0.29) is 5.91 Å². The molecule has 0 aromatic carbocycles. The zero-order valence-electron chi connectivity index (χ0n) is 17.3. The summed E-state index contributed by atoms with van der Waals surface area (Å²) in [4.78, 5) is 38.1. The molecule has 0 aliphatic heterocycles. The number of nitrogens with one attached hydrogen (secondary N) is 1. The number of carboxylic acid groups (broad SMARTS) is 1. The third kappa shape index (κ3) is 4.39. The molecule has 7 heteroatoms. The Labute approximate surface area is 175 Å². The van der Waals surface area contributed by atoms with Crippen LogP contribution in [-0.2, 0) is 22.4 Å². The molecule has 1 aromatic heterocycles. The van der Waals surface area contributed by atoms with Crippen molar-refractivity contribution in [1.82, 2.24) is 0 Å². The van der Waals surface area contributed by atoms with Gasteiger partial charge in [0.25, 0.3) is 5.91 Å². The van der Waals surface area contributed by atoms with Gasteiger partial charge in [0.05, 0.1) is 17.4 Å². The standard InChI is InChI=1S/C22H30N2O4S/c1-4-5-13-6-7-14-17(10-13)29-21(18(14)19(23)25)24-20(26)15-8-11(2)12(3)9-16(15)22(27)28/h13,15-16H,4-10H2,1-3H3,(H2,23,25)(H,24,26)(H,27,28)/t13-,15-,16-/m0/s1. The summed E-state index contributed by atoms with van der Waals surface area (Å²) < 4.78 is 0. The van der Waals surface area contributed by atoms with Gasteiger partial charge in [0, 0.05) is 4.88 Å². The third-order valence-corrected chi connectivity index (χ3v) is 7.64. The Hall–Kier alpha value is -2.15. The number of carbonyl (C=O) groups is 3. The van der Waals surface area contributed by atoms with Gasteiger partial charge in [-0.1, -0.05) is 30.9 Å². The Bertz CT molecular complexity index is 870. The maximum atomic E-state index is 13.0. The van der Waals surface area contributed by atoms with Crippen LogP contribution < -0.4 is 11.1 Å². The summed E-state index contributed by atoms with van der Waals surface area (Å²) >= 11 is 1.43. The average Bonchev–Trinajstić information content (AvgIpc) is 3.00. The molecule has 2 amide bonds. The number of primary amides is 1. The summed E-state index contributed by atoms with van der Waals surface area (Å²) in [5, 5.41) is 13.0. The van der Waals surface area contributed by atoms with Gasteiger partial charge in [0.2, 0.25) is 5.91 Å². The van der Waals surface area contributed by atoms with Crippen molar-refractivity contribution in [3.8, 4) is 0 Å². The topological polar surface area (TPSA) is 109 Å². The molecule has 1 heterocycles. The van der Waals surface area contributed by atoms with Crippen molar-refractivity contribution in [2.75, 3.05) is 5.32 Å². The van der Waals surface area contributed by atoms with E-state index in [2.05, 4.69) is 12.2 Å². The minimum atomic E-state index is -0.958. The Balaban J connectivity index is 1.87. The Morgan fingerprint density at radius 3 is 2.38 bits per heavy atom. The summed E-state index contributed by atoms with van der Waals surface area (Å²) in [6, 6.07) is 0. The zero-order chi connectivity index (χ0) is 21.3. The van der Waals surface area contributed by atoms with Gasteiger partial charge in [0.1, 0.15) is 5.00 Å². The summed E-state index contributed by atoms with van der Waals surface area (Å²) in [5.41, 5.74) is 9.14. The first-order valence-electron chi connectivity index (χ1n) is 10.4. The van der Waals surface area contributed by atoms with E-state index in [0.29, 0.717) is 29.3 Å². The van der Waals surface area contributed by atoms with Crippen molar-refractivity contribution < 1.29 is 19.5 Å². The van der Waals surface area contributed by atoms with Gasteiger partial charge in [-0.25, -0.2) is 0 Å². The zero-order valence-corrected chi connectivity index (χ0v) is 18.2. The minimum absolute atomic E-state index is 0.338. The number of anilines is 1. The van der Waals surface area contributed by atoms with Crippen LogP contribution in [0.4, 0.5) is 5.00 Å². The van der Waals surface area contributed by atoms with E-state index < -0.39 is 23.7 Å². The van der Waals surface area contributed by atoms with Crippen LogP contribution in [0.25, 0.3) is 0 Å². The van der Waals surface area contributed by atoms with E-state index in [4.69, 9.17) is 5.73 Å². The highest BCUT2D eigenvalue weighted by Crippen LogP contribution is 2.42. The lowest BCUT2D eigenvalue weighted by atomic mass is 9.76. The number of carbonyl (C=O) groups excluding carboxylic acids is 2. The summed E-state index contributed by atoms with van der Waals surface area (Å²) in [6.07, 6.45) is 5.81. The summed E-state index contributed by atoms with van der Waals surface area (Å²) in [5.74, 6) is -2.63. The number of thiophene rings is 1. The second-order valence-electron chi connectivity index (χ2n) is 8.48. The summed E-state index contributed by atoms with van der Waals surface area (Å²) in [6.45, 7) is 6.04. The molecule has 0 fully saturated rings. The molecule has 3 atom stereocenters. The van der Waals surface area contributed by atoms with Crippen molar-refractivity contribution in [1.29, 1.82) is 0 Å². The molecule has 6 nitrogen and oxygen atoms in total. The van der Waals surface area contributed by atoms with Gasteiger partial charge in [-0.2, -0.15) is 0 Å². The molecule has 0 saturated carbocycles. The SMILES string of the molecule is CCC[C@H]1CCc2c(sc(NC(=O)[C@H]3CC(C)=C(C)C[C@@H]3C(=O)O)c2C(N)=O)C1. The quantitative estimate of drug-likeness (QED) is 0.603. The number of hydrogen-bond acceptors (Lipinski definition) is 4. The van der Waals surface area contributed by atoms with Crippen LogP contribution in [-0.4, -0.2) is 22.9 Å². The van der Waals surface area contributed by atoms with Gasteiger partial charge in [-0.15, -0.1) is 11.3 Å². The molecule has 0 bridgehead atoms. The van der Waals surface area contributed by atoms with Gasteiger partial charge in [-0.3, -0.25) is 14.4 Å². The largest absolute Gasteiger partial charge is 0.481 e. The van der Waals surface area contributed by atoms with E-state index in [1.807, 2.05) is 13.8 Å². The number of aliphatic carboxylic acids is 1. The molecular weight excluding hydrogens is 388 g/mol. The fraction of sp³-hybridized carbons (Fsp3) is 0.591. The predicted octanol–water partition coefficient (Wildman–Crippen LogP) is 4.14. The van der Waals surface area contributed by atoms with Crippen LogP contribution in [0.1, 0.15) is 73.7 Å². The number of amides is 2. The molecule has 2 aliphatic rings. The average molecular weight is 419 g/mol. The number of rotatable bonds is 6. The third-order valence-electron chi connectivity index (χ3n) is 6.47. The second-order valence-corrected chi connectivity index (χ2v) is 9.58. The van der Waals surface area contributed by atoms with Crippen molar-refractivity contribution in [3.05, 3.63) is 27.2 Å². The van der Waals surface area contributed by atoms with Crippen LogP contribution in [0.3, 0.4) is 0 Å². The Kier molecular flexibility index (Phi) is 6.46. The smallest absolute Gasteiger partial charge is 0.307 e. The lowest BCUT2D eigenvalue weighted by molar-refractivity contribution is -0.146. The van der Waals surface area contributed by atoms with Crippen molar-refractivity contribution in [2.45, 2.75) is 65.7 Å². The fourth-order valence-corrected chi connectivity index (χ4v) is 6.06. The van der Waals surface area contributed by atoms with E-state index in [1.165, 1.54) is 11.3 Å². The van der Waals surface area contributed by atoms with Crippen molar-refractivity contribution in [3.63, 3.8) is 0 Å². The highest BCUT2D eigenvalue weighted by molar-refractivity contribution is 7.17. The highest BCUT2D eigenvalue weighted by Gasteiger charge is 2.38. The Morgan fingerprint density at radius 1 is 1.14 bits per heavy atom. The summed E-state index contributed by atoms with van der Waals surface area (Å²) in [7, 11) is 0. The first-order chi connectivity index (χ1) is 13.7. The number of fused-ring (bicyclic) bond motifs is 1. The number of allylic oxidation sites excluding steroid dienone is 2. The lowest BCUT2D eigenvalue weighted by Crippen LogP contribution is -2.36. The van der Waals surface area contributed by atoms with Gasteiger partial charge < -0.3 is 16.2 Å². The fourth-order valence-electron chi connectivity index (χ4n) is 4.69. The van der Waals surface area contributed by atoms with Crippen molar-refractivity contribution in [2.24, 2.45) is 23.5 Å². The first-order valence-corrected chi connectivity index (χ1v) is 11.2. The van der Waals surface area contributed by atoms with Crippen molar-refractivity contribution >= 4 is 34.1 Å². The van der Waals surface area contributed by atoms with E-state index in [9.17, 15) is 19.5 Å². The van der Waals surface area contributed by atoms with E-state index in [0.717, 1.165) is 53.7 Å². The molecule has 0 unspecified atom stereocenters. The Morgan fingerprint density at radius 2 is 1.79 bits per heavy atom. The number of hydrogen-bond donors (Lipinski definition) is 3. The molecule has 3 rings (SSSR count). The number of carboxylic acids is 1. The molecule has 0 radical (unpaired) electrons.